The third kappa shape index (κ3) is 4.60. The molecule has 1 atom stereocenters. The van der Waals surface area contributed by atoms with Crippen LogP contribution in [0.2, 0.25) is 0 Å². The molecule has 28 heavy (non-hydrogen) atoms. The predicted octanol–water partition coefficient (Wildman–Crippen LogP) is 5.44. The highest BCUT2D eigenvalue weighted by Gasteiger charge is 2.21. The van der Waals surface area contributed by atoms with E-state index in [-0.39, 0.29) is 11.2 Å². The number of carbonyl (C=O) groups excluding carboxylic acids is 1. The fourth-order valence-electron chi connectivity index (χ4n) is 3.59. The van der Waals surface area contributed by atoms with Gasteiger partial charge < -0.3 is 5.73 Å². The molecule has 0 radical (unpaired) electrons. The van der Waals surface area contributed by atoms with Crippen molar-refractivity contribution in [1.29, 1.82) is 0 Å². The standard InChI is InChI=1S/C24H27ClN2O/c1-15(2)11-23-21(14-26)20(17-9-7-16(3)8-10-17)13-22(27-23)18-5-4-6-19(12-18)24(25)28/h4-10,13,15,19H,11-12,14,26H2,1-3H3. The van der Waals surface area contributed by atoms with E-state index in [2.05, 4.69) is 51.1 Å². The van der Waals surface area contributed by atoms with Crippen LogP contribution in [-0.4, -0.2) is 10.2 Å². The number of rotatable bonds is 6. The van der Waals surface area contributed by atoms with E-state index in [1.165, 1.54) is 5.56 Å². The van der Waals surface area contributed by atoms with Crippen molar-refractivity contribution in [2.45, 2.75) is 40.2 Å². The minimum atomic E-state index is -0.332. The molecule has 1 aliphatic carbocycles. The van der Waals surface area contributed by atoms with Crippen molar-refractivity contribution in [3.63, 3.8) is 0 Å². The molecule has 1 unspecified atom stereocenters. The van der Waals surface area contributed by atoms with E-state index in [0.717, 1.165) is 40.1 Å². The Bertz CT molecular complexity index is 926. The summed E-state index contributed by atoms with van der Waals surface area (Å²) in [7, 11) is 0. The Morgan fingerprint density at radius 1 is 1.29 bits per heavy atom. The van der Waals surface area contributed by atoms with Crippen molar-refractivity contribution < 1.29 is 4.79 Å². The van der Waals surface area contributed by atoms with Crippen molar-refractivity contribution >= 4 is 22.4 Å². The molecule has 0 bridgehead atoms. The summed E-state index contributed by atoms with van der Waals surface area (Å²) < 4.78 is 0. The van der Waals surface area contributed by atoms with Crippen LogP contribution in [0, 0.1) is 18.8 Å². The number of allylic oxidation sites excluding steroid dienone is 4. The molecular formula is C24H27ClN2O. The largest absolute Gasteiger partial charge is 0.326 e. The number of carbonyl (C=O) groups is 1. The Kier molecular flexibility index (Phi) is 6.48. The Hall–Kier alpha value is -2.23. The van der Waals surface area contributed by atoms with Gasteiger partial charge >= 0.3 is 0 Å². The number of hydrogen-bond acceptors (Lipinski definition) is 3. The molecule has 2 aromatic rings. The van der Waals surface area contributed by atoms with E-state index in [1.54, 1.807) is 0 Å². The van der Waals surface area contributed by atoms with Crippen molar-refractivity contribution in [3.8, 4) is 11.1 Å². The maximum absolute atomic E-state index is 11.7. The zero-order valence-corrected chi connectivity index (χ0v) is 17.5. The SMILES string of the molecule is Cc1ccc(-c2cc(C3=CC=CC(C(=O)Cl)C3)nc(CC(C)C)c2CN)cc1. The van der Waals surface area contributed by atoms with Crippen LogP contribution in [0.25, 0.3) is 16.7 Å². The van der Waals surface area contributed by atoms with Crippen molar-refractivity contribution in [2.24, 2.45) is 17.6 Å². The Balaban J connectivity index is 2.14. The molecule has 0 saturated carbocycles. The second-order valence-corrected chi connectivity index (χ2v) is 8.21. The second-order valence-electron chi connectivity index (χ2n) is 7.84. The summed E-state index contributed by atoms with van der Waals surface area (Å²) in [6, 6.07) is 10.6. The fourth-order valence-corrected chi connectivity index (χ4v) is 3.74. The summed E-state index contributed by atoms with van der Waals surface area (Å²) in [5.74, 6) is 0.172. The molecule has 3 nitrogen and oxygen atoms in total. The van der Waals surface area contributed by atoms with Crippen LogP contribution in [0.15, 0.2) is 48.6 Å². The molecule has 3 rings (SSSR count). The zero-order valence-electron chi connectivity index (χ0n) is 16.7. The van der Waals surface area contributed by atoms with E-state index in [4.69, 9.17) is 22.3 Å². The van der Waals surface area contributed by atoms with Crippen molar-refractivity contribution in [3.05, 3.63) is 71.1 Å². The third-order valence-corrected chi connectivity index (χ3v) is 5.36. The first-order chi connectivity index (χ1) is 13.4. The lowest BCUT2D eigenvalue weighted by Gasteiger charge is -2.20. The van der Waals surface area contributed by atoms with E-state index in [1.807, 2.05) is 18.2 Å². The molecule has 1 aromatic heterocycles. The molecule has 0 saturated heterocycles. The summed E-state index contributed by atoms with van der Waals surface area (Å²) in [5, 5.41) is -0.332. The highest BCUT2D eigenvalue weighted by molar-refractivity contribution is 6.64. The normalized spacial score (nSPS) is 16.4. The number of aryl methyl sites for hydroxylation is 1. The lowest BCUT2D eigenvalue weighted by Crippen LogP contribution is -2.13. The summed E-state index contributed by atoms with van der Waals surface area (Å²) in [6.07, 6.45) is 7.21. The van der Waals surface area contributed by atoms with Gasteiger partial charge in [0.25, 0.3) is 0 Å². The molecule has 146 valence electrons. The van der Waals surface area contributed by atoms with Gasteiger partial charge in [0.15, 0.2) is 0 Å². The van der Waals surface area contributed by atoms with Crippen LogP contribution in [0.3, 0.4) is 0 Å². The van der Waals surface area contributed by atoms with Gasteiger partial charge in [-0.15, -0.1) is 0 Å². The molecule has 2 N–H and O–H groups in total. The Labute approximate surface area is 172 Å². The van der Waals surface area contributed by atoms with Crippen LogP contribution < -0.4 is 5.73 Å². The van der Waals surface area contributed by atoms with Gasteiger partial charge in [-0.3, -0.25) is 9.78 Å². The highest BCUT2D eigenvalue weighted by Crippen LogP contribution is 2.33. The summed E-state index contributed by atoms with van der Waals surface area (Å²) in [4.78, 5) is 16.6. The van der Waals surface area contributed by atoms with Crippen molar-refractivity contribution in [1.82, 2.24) is 4.98 Å². The summed E-state index contributed by atoms with van der Waals surface area (Å²) >= 11 is 5.74. The van der Waals surface area contributed by atoms with Crippen molar-refractivity contribution in [2.75, 3.05) is 0 Å². The molecule has 0 amide bonds. The number of pyridine rings is 1. The van der Waals surface area contributed by atoms with Gasteiger partial charge in [0.1, 0.15) is 0 Å². The maximum Gasteiger partial charge on any atom is 0.228 e. The van der Waals surface area contributed by atoms with Gasteiger partial charge in [0, 0.05) is 12.2 Å². The van der Waals surface area contributed by atoms with E-state index >= 15 is 0 Å². The summed E-state index contributed by atoms with van der Waals surface area (Å²) in [6.45, 7) is 6.90. The maximum atomic E-state index is 11.7. The van der Waals surface area contributed by atoms with Gasteiger partial charge in [-0.1, -0.05) is 61.9 Å². The van der Waals surface area contributed by atoms with Crippen LogP contribution >= 0.6 is 11.6 Å². The van der Waals surface area contributed by atoms with Crippen LogP contribution in [0.4, 0.5) is 0 Å². The van der Waals surface area contributed by atoms with E-state index in [0.29, 0.717) is 18.9 Å². The second kappa shape index (κ2) is 8.85. The average Bonchev–Trinajstić information content (AvgIpc) is 2.67. The summed E-state index contributed by atoms with van der Waals surface area (Å²) in [5.41, 5.74) is 13.7. The average molecular weight is 395 g/mol. The highest BCUT2D eigenvalue weighted by atomic mass is 35.5. The minimum absolute atomic E-state index is 0.297. The van der Waals surface area contributed by atoms with Crippen LogP contribution in [0.1, 0.15) is 42.8 Å². The smallest absolute Gasteiger partial charge is 0.228 e. The minimum Gasteiger partial charge on any atom is -0.326 e. The number of benzene rings is 1. The van der Waals surface area contributed by atoms with Crippen LogP contribution in [0.5, 0.6) is 0 Å². The van der Waals surface area contributed by atoms with Gasteiger partial charge in [-0.25, -0.2) is 0 Å². The number of nitrogens with two attached hydrogens (primary N) is 1. The molecule has 4 heteroatoms. The molecular weight excluding hydrogens is 368 g/mol. The first kappa shape index (κ1) is 20.5. The van der Waals surface area contributed by atoms with Crippen LogP contribution in [-0.2, 0) is 17.8 Å². The first-order valence-corrected chi connectivity index (χ1v) is 10.1. The lowest BCUT2D eigenvalue weighted by molar-refractivity contribution is -0.113. The zero-order chi connectivity index (χ0) is 20.3. The van der Waals surface area contributed by atoms with Gasteiger partial charge in [0.2, 0.25) is 5.24 Å². The number of hydrogen-bond donors (Lipinski definition) is 1. The van der Waals surface area contributed by atoms with Gasteiger partial charge in [-0.05, 0) is 65.6 Å². The quantitative estimate of drug-likeness (QED) is 0.663. The van der Waals surface area contributed by atoms with E-state index < -0.39 is 0 Å². The third-order valence-electron chi connectivity index (χ3n) is 5.08. The first-order valence-electron chi connectivity index (χ1n) is 9.76. The monoisotopic (exact) mass is 394 g/mol. The lowest BCUT2D eigenvalue weighted by atomic mass is 9.89. The molecule has 0 aliphatic heterocycles. The number of nitrogens with zero attached hydrogens (tertiary/aromatic N) is 1. The van der Waals surface area contributed by atoms with Gasteiger partial charge in [-0.2, -0.15) is 0 Å². The Morgan fingerprint density at radius 2 is 2.00 bits per heavy atom. The molecule has 1 aromatic carbocycles. The molecule has 1 heterocycles. The van der Waals surface area contributed by atoms with Gasteiger partial charge in [0.05, 0.1) is 11.6 Å². The Morgan fingerprint density at radius 3 is 2.61 bits per heavy atom. The fraction of sp³-hybridized carbons (Fsp3) is 0.333. The topological polar surface area (TPSA) is 56.0 Å². The van der Waals surface area contributed by atoms with E-state index in [9.17, 15) is 4.79 Å². The predicted molar refractivity (Wildman–Crippen MR) is 117 cm³/mol. The molecule has 0 fully saturated rings. The number of aromatic nitrogens is 1. The molecule has 0 spiro atoms. The molecule has 1 aliphatic rings. The number of halogens is 1.